The van der Waals surface area contributed by atoms with Gasteiger partial charge in [-0.05, 0) is 31.4 Å². The predicted octanol–water partition coefficient (Wildman–Crippen LogP) is 1.28. The normalized spacial score (nSPS) is 20.6. The van der Waals surface area contributed by atoms with Gasteiger partial charge >= 0.3 is 0 Å². The van der Waals surface area contributed by atoms with Crippen molar-refractivity contribution < 1.29 is 13.2 Å². The number of rotatable bonds is 5. The molecule has 2 rings (SSSR count). The highest BCUT2D eigenvalue weighted by Gasteiger charge is 2.28. The number of benzene rings is 1. The Labute approximate surface area is 119 Å². The van der Waals surface area contributed by atoms with Crippen molar-refractivity contribution in [3.05, 3.63) is 29.8 Å². The Morgan fingerprint density at radius 1 is 1.35 bits per heavy atom. The first-order chi connectivity index (χ1) is 9.52. The standard InChI is InChI=1S/C14H20N2O3S/c1-2-15-13-6-4-3-5-12(13)14(17)16-9-11-7-8-20(18,19)10-11/h3-6,11,15H,2,7-10H2,1H3,(H,16,17). The van der Waals surface area contributed by atoms with Gasteiger partial charge in [0.25, 0.3) is 5.91 Å². The first-order valence-corrected chi connectivity index (χ1v) is 8.65. The minimum absolute atomic E-state index is 0.0373. The summed E-state index contributed by atoms with van der Waals surface area (Å²) in [6, 6.07) is 7.31. The fraction of sp³-hybridized carbons (Fsp3) is 0.500. The molecule has 0 radical (unpaired) electrons. The second-order valence-electron chi connectivity index (χ2n) is 5.06. The SMILES string of the molecule is CCNc1ccccc1C(=O)NCC1CCS(=O)(=O)C1. The minimum Gasteiger partial charge on any atom is -0.385 e. The quantitative estimate of drug-likeness (QED) is 0.858. The fourth-order valence-electron chi connectivity index (χ4n) is 2.39. The van der Waals surface area contributed by atoms with Gasteiger partial charge in [0.05, 0.1) is 17.1 Å². The molecule has 0 spiro atoms. The number of sulfone groups is 1. The van der Waals surface area contributed by atoms with Crippen LogP contribution in [0.1, 0.15) is 23.7 Å². The Hall–Kier alpha value is -1.56. The van der Waals surface area contributed by atoms with Crippen molar-refractivity contribution in [3.63, 3.8) is 0 Å². The maximum atomic E-state index is 12.2. The number of nitrogens with one attached hydrogen (secondary N) is 2. The molecule has 1 aromatic rings. The topological polar surface area (TPSA) is 75.3 Å². The highest BCUT2D eigenvalue weighted by molar-refractivity contribution is 7.91. The van der Waals surface area contributed by atoms with Gasteiger partial charge in [0, 0.05) is 18.8 Å². The number of amides is 1. The number of anilines is 1. The summed E-state index contributed by atoms with van der Waals surface area (Å²) in [5.74, 6) is 0.296. The summed E-state index contributed by atoms with van der Waals surface area (Å²) in [6.45, 7) is 3.13. The fourth-order valence-corrected chi connectivity index (χ4v) is 4.25. The van der Waals surface area contributed by atoms with E-state index in [0.29, 0.717) is 18.5 Å². The lowest BCUT2D eigenvalue weighted by Crippen LogP contribution is -2.30. The molecule has 0 aromatic heterocycles. The maximum Gasteiger partial charge on any atom is 0.253 e. The molecule has 1 heterocycles. The third-order valence-corrected chi connectivity index (χ3v) is 5.25. The van der Waals surface area contributed by atoms with Crippen LogP contribution in [-0.4, -0.2) is 38.9 Å². The molecule has 1 atom stereocenters. The van der Waals surface area contributed by atoms with Crippen molar-refractivity contribution in [2.45, 2.75) is 13.3 Å². The van der Waals surface area contributed by atoms with Crippen molar-refractivity contribution in [1.82, 2.24) is 5.32 Å². The Balaban J connectivity index is 1.95. The van der Waals surface area contributed by atoms with Crippen LogP contribution in [0.3, 0.4) is 0 Å². The van der Waals surface area contributed by atoms with E-state index in [1.807, 2.05) is 25.1 Å². The van der Waals surface area contributed by atoms with Crippen LogP contribution in [0.4, 0.5) is 5.69 Å². The van der Waals surface area contributed by atoms with Crippen LogP contribution in [0.2, 0.25) is 0 Å². The van der Waals surface area contributed by atoms with Gasteiger partial charge in [-0.25, -0.2) is 8.42 Å². The van der Waals surface area contributed by atoms with E-state index in [1.165, 1.54) is 0 Å². The average Bonchev–Trinajstić information content (AvgIpc) is 2.77. The zero-order valence-electron chi connectivity index (χ0n) is 11.6. The lowest BCUT2D eigenvalue weighted by molar-refractivity contribution is 0.0949. The van der Waals surface area contributed by atoms with Crippen LogP contribution in [0, 0.1) is 5.92 Å². The largest absolute Gasteiger partial charge is 0.385 e. The zero-order chi connectivity index (χ0) is 14.6. The lowest BCUT2D eigenvalue weighted by atomic mass is 10.1. The number of carbonyl (C=O) groups is 1. The predicted molar refractivity (Wildman–Crippen MR) is 79.7 cm³/mol. The summed E-state index contributed by atoms with van der Waals surface area (Å²) in [7, 11) is -2.89. The molecule has 1 fully saturated rings. The molecule has 1 unspecified atom stereocenters. The van der Waals surface area contributed by atoms with Gasteiger partial charge in [0.1, 0.15) is 0 Å². The van der Waals surface area contributed by atoms with Crippen molar-refractivity contribution in [1.29, 1.82) is 0 Å². The molecule has 1 saturated heterocycles. The molecule has 1 aromatic carbocycles. The monoisotopic (exact) mass is 296 g/mol. The zero-order valence-corrected chi connectivity index (χ0v) is 12.4. The third kappa shape index (κ3) is 3.72. The van der Waals surface area contributed by atoms with E-state index in [4.69, 9.17) is 0 Å². The van der Waals surface area contributed by atoms with Crippen LogP contribution >= 0.6 is 0 Å². The second kappa shape index (κ2) is 6.26. The van der Waals surface area contributed by atoms with Crippen molar-refractivity contribution >= 4 is 21.4 Å². The van der Waals surface area contributed by atoms with Crippen LogP contribution in [0.25, 0.3) is 0 Å². The summed E-state index contributed by atoms with van der Waals surface area (Å²) >= 11 is 0. The molecule has 1 aliphatic rings. The van der Waals surface area contributed by atoms with Gasteiger partial charge in [-0.2, -0.15) is 0 Å². The molecule has 0 aliphatic carbocycles. The maximum absolute atomic E-state index is 12.2. The number of carbonyl (C=O) groups excluding carboxylic acids is 1. The Morgan fingerprint density at radius 3 is 2.75 bits per heavy atom. The molecule has 1 aliphatic heterocycles. The van der Waals surface area contributed by atoms with Gasteiger partial charge in [-0.15, -0.1) is 0 Å². The van der Waals surface area contributed by atoms with E-state index in [1.54, 1.807) is 6.07 Å². The summed E-state index contributed by atoms with van der Waals surface area (Å²) < 4.78 is 22.7. The third-order valence-electron chi connectivity index (χ3n) is 3.42. The van der Waals surface area contributed by atoms with Crippen molar-refractivity contribution in [3.8, 4) is 0 Å². The van der Waals surface area contributed by atoms with E-state index in [2.05, 4.69) is 10.6 Å². The van der Waals surface area contributed by atoms with Gasteiger partial charge in [0.2, 0.25) is 0 Å². The molecule has 0 saturated carbocycles. The first-order valence-electron chi connectivity index (χ1n) is 6.83. The summed E-state index contributed by atoms with van der Waals surface area (Å²) in [4.78, 5) is 12.2. The smallest absolute Gasteiger partial charge is 0.253 e. The van der Waals surface area contributed by atoms with Crippen LogP contribution in [-0.2, 0) is 9.84 Å². The van der Waals surface area contributed by atoms with E-state index in [9.17, 15) is 13.2 Å². The van der Waals surface area contributed by atoms with Crippen LogP contribution in [0.5, 0.6) is 0 Å². The van der Waals surface area contributed by atoms with Crippen LogP contribution < -0.4 is 10.6 Å². The number of hydrogen-bond acceptors (Lipinski definition) is 4. The summed E-state index contributed by atoms with van der Waals surface area (Å²) in [5, 5.41) is 5.98. The molecule has 20 heavy (non-hydrogen) atoms. The molecular weight excluding hydrogens is 276 g/mol. The van der Waals surface area contributed by atoms with Gasteiger partial charge < -0.3 is 10.6 Å². The molecule has 5 nitrogen and oxygen atoms in total. The van der Waals surface area contributed by atoms with E-state index in [0.717, 1.165) is 12.2 Å². The van der Waals surface area contributed by atoms with Crippen molar-refractivity contribution in [2.75, 3.05) is 29.9 Å². The highest BCUT2D eigenvalue weighted by atomic mass is 32.2. The second-order valence-corrected chi connectivity index (χ2v) is 7.28. The Kier molecular flexibility index (Phi) is 4.65. The lowest BCUT2D eigenvalue weighted by Gasteiger charge is -2.13. The van der Waals surface area contributed by atoms with Gasteiger partial charge in [0.15, 0.2) is 9.84 Å². The molecule has 1 amide bonds. The molecule has 0 bridgehead atoms. The van der Waals surface area contributed by atoms with Crippen molar-refractivity contribution in [2.24, 2.45) is 5.92 Å². The van der Waals surface area contributed by atoms with E-state index in [-0.39, 0.29) is 23.3 Å². The molecule has 6 heteroatoms. The van der Waals surface area contributed by atoms with E-state index >= 15 is 0 Å². The highest BCUT2D eigenvalue weighted by Crippen LogP contribution is 2.18. The van der Waals surface area contributed by atoms with Crippen LogP contribution in [0.15, 0.2) is 24.3 Å². The molecule has 2 N–H and O–H groups in total. The van der Waals surface area contributed by atoms with Gasteiger partial charge in [-0.1, -0.05) is 12.1 Å². The van der Waals surface area contributed by atoms with E-state index < -0.39 is 9.84 Å². The Morgan fingerprint density at radius 2 is 2.10 bits per heavy atom. The molecular formula is C14H20N2O3S. The Bertz CT molecular complexity index is 584. The number of para-hydroxylation sites is 1. The summed E-state index contributed by atoms with van der Waals surface area (Å²) in [5.41, 5.74) is 1.39. The first kappa shape index (κ1) is 14.8. The molecule has 110 valence electrons. The number of hydrogen-bond donors (Lipinski definition) is 2. The van der Waals surface area contributed by atoms with Gasteiger partial charge in [-0.3, -0.25) is 4.79 Å². The average molecular weight is 296 g/mol. The minimum atomic E-state index is -2.89. The summed E-state index contributed by atoms with van der Waals surface area (Å²) in [6.07, 6.45) is 0.636.